The lowest BCUT2D eigenvalue weighted by Crippen LogP contribution is -2.38. The van der Waals surface area contributed by atoms with Crippen LogP contribution in [0.25, 0.3) is 0 Å². The molecule has 1 rings (SSSR count). The van der Waals surface area contributed by atoms with Crippen LogP contribution in [0, 0.1) is 5.92 Å². The number of benzene rings is 1. The van der Waals surface area contributed by atoms with E-state index in [0.29, 0.717) is 22.4 Å². The van der Waals surface area contributed by atoms with E-state index in [1.165, 1.54) is 0 Å². The number of hydrogen-bond acceptors (Lipinski definition) is 1. The van der Waals surface area contributed by atoms with Crippen LogP contribution in [0.3, 0.4) is 0 Å². The van der Waals surface area contributed by atoms with Gasteiger partial charge in [0.05, 0.1) is 16.5 Å². The molecule has 0 aliphatic rings. The Balaban J connectivity index is 2.57. The minimum absolute atomic E-state index is 0.00584. The second kappa shape index (κ2) is 7.37. The van der Waals surface area contributed by atoms with Crippen molar-refractivity contribution in [3.05, 3.63) is 33.8 Å². The number of rotatable bonds is 5. The van der Waals surface area contributed by atoms with E-state index >= 15 is 0 Å². The summed E-state index contributed by atoms with van der Waals surface area (Å²) in [6.45, 7) is 4.08. The molecule has 2 atom stereocenters. The molecule has 1 aromatic carbocycles. The van der Waals surface area contributed by atoms with E-state index in [1.807, 2.05) is 13.0 Å². The van der Waals surface area contributed by atoms with Crippen LogP contribution >= 0.6 is 39.1 Å². The topological polar surface area (TPSA) is 29.1 Å². The predicted molar refractivity (Wildman–Crippen MR) is 80.7 cm³/mol. The highest BCUT2D eigenvalue weighted by molar-refractivity contribution is 9.09. The van der Waals surface area contributed by atoms with E-state index in [1.54, 1.807) is 12.1 Å². The summed E-state index contributed by atoms with van der Waals surface area (Å²) in [5.74, 6) is 0.386. The van der Waals surface area contributed by atoms with Crippen LogP contribution in [-0.2, 0) is 11.2 Å². The third-order valence-electron chi connectivity index (χ3n) is 2.83. The summed E-state index contributed by atoms with van der Waals surface area (Å²) in [6, 6.07) is 5.38. The van der Waals surface area contributed by atoms with Gasteiger partial charge in [0.2, 0.25) is 5.91 Å². The number of amides is 1. The van der Waals surface area contributed by atoms with Crippen LogP contribution in [0.1, 0.15) is 19.4 Å². The number of alkyl halides is 1. The van der Waals surface area contributed by atoms with Crippen molar-refractivity contribution >= 4 is 45.0 Å². The van der Waals surface area contributed by atoms with Crippen LogP contribution < -0.4 is 5.32 Å². The van der Waals surface area contributed by atoms with Gasteiger partial charge in [-0.15, -0.1) is 0 Å². The van der Waals surface area contributed by atoms with Crippen molar-refractivity contribution in [3.63, 3.8) is 0 Å². The van der Waals surface area contributed by atoms with Crippen molar-refractivity contribution in [2.75, 3.05) is 5.33 Å². The van der Waals surface area contributed by atoms with E-state index in [9.17, 15) is 4.79 Å². The van der Waals surface area contributed by atoms with Crippen molar-refractivity contribution < 1.29 is 4.79 Å². The molecule has 100 valence electrons. The smallest absolute Gasteiger partial charge is 0.224 e. The zero-order valence-electron chi connectivity index (χ0n) is 10.3. The zero-order valence-corrected chi connectivity index (χ0v) is 13.4. The summed E-state index contributed by atoms with van der Waals surface area (Å²) in [7, 11) is 0. The molecule has 0 heterocycles. The standard InChI is InChI=1S/C13H16BrCl2NO/c1-8(7-14)9(2)17-13(18)6-10-3-4-11(15)12(16)5-10/h3-5,8-9H,6-7H2,1-2H3,(H,17,18). The largest absolute Gasteiger partial charge is 0.353 e. The lowest BCUT2D eigenvalue weighted by Gasteiger charge is -2.19. The third-order valence-corrected chi connectivity index (χ3v) is 4.59. The fraction of sp³-hybridized carbons (Fsp3) is 0.462. The van der Waals surface area contributed by atoms with Crippen molar-refractivity contribution in [3.8, 4) is 0 Å². The Bertz CT molecular complexity index is 425. The summed E-state index contributed by atoms with van der Waals surface area (Å²) in [5, 5.41) is 4.81. The van der Waals surface area contributed by atoms with E-state index in [-0.39, 0.29) is 11.9 Å². The molecule has 0 saturated carbocycles. The van der Waals surface area contributed by atoms with E-state index < -0.39 is 0 Å². The summed E-state index contributed by atoms with van der Waals surface area (Å²) >= 11 is 15.1. The SMILES string of the molecule is CC(CBr)C(C)NC(=O)Cc1ccc(Cl)c(Cl)c1. The fourth-order valence-corrected chi connectivity index (χ4v) is 2.30. The highest BCUT2D eigenvalue weighted by atomic mass is 79.9. The maximum absolute atomic E-state index is 11.8. The maximum Gasteiger partial charge on any atom is 0.224 e. The second-order valence-corrected chi connectivity index (χ2v) is 5.87. The van der Waals surface area contributed by atoms with Gasteiger partial charge in [0.1, 0.15) is 0 Å². The van der Waals surface area contributed by atoms with Crippen LogP contribution in [0.2, 0.25) is 10.0 Å². The Hall–Kier alpha value is -0.250. The molecule has 5 heteroatoms. The molecule has 0 fully saturated rings. The molecule has 2 unspecified atom stereocenters. The molecule has 0 aromatic heterocycles. The first-order chi connectivity index (χ1) is 8.43. The molecule has 0 bridgehead atoms. The molecule has 0 aliphatic heterocycles. The van der Waals surface area contributed by atoms with Gasteiger partial charge < -0.3 is 5.32 Å². The first-order valence-electron chi connectivity index (χ1n) is 5.73. The minimum atomic E-state index is -0.00584. The van der Waals surface area contributed by atoms with Crippen molar-refractivity contribution in [2.24, 2.45) is 5.92 Å². The summed E-state index contributed by atoms with van der Waals surface area (Å²) in [4.78, 5) is 11.8. The van der Waals surface area contributed by atoms with Gasteiger partial charge >= 0.3 is 0 Å². The molecular formula is C13H16BrCl2NO. The van der Waals surface area contributed by atoms with Crippen molar-refractivity contribution in [2.45, 2.75) is 26.3 Å². The monoisotopic (exact) mass is 351 g/mol. The number of carbonyl (C=O) groups is 1. The van der Waals surface area contributed by atoms with Gasteiger partial charge in [0.25, 0.3) is 0 Å². The van der Waals surface area contributed by atoms with Crippen LogP contribution in [0.15, 0.2) is 18.2 Å². The number of hydrogen-bond donors (Lipinski definition) is 1. The van der Waals surface area contributed by atoms with Gasteiger partial charge in [0, 0.05) is 11.4 Å². The molecule has 1 amide bonds. The van der Waals surface area contributed by atoms with Crippen molar-refractivity contribution in [1.29, 1.82) is 0 Å². The fourth-order valence-electron chi connectivity index (χ4n) is 1.42. The normalized spacial score (nSPS) is 14.1. The molecule has 1 N–H and O–H groups in total. The molecule has 0 spiro atoms. The van der Waals surface area contributed by atoms with Gasteiger partial charge in [-0.25, -0.2) is 0 Å². The Kier molecular flexibility index (Phi) is 6.47. The molecule has 0 saturated heterocycles. The molecule has 18 heavy (non-hydrogen) atoms. The Morgan fingerprint density at radius 3 is 2.56 bits per heavy atom. The molecule has 0 radical (unpaired) electrons. The molecule has 0 aliphatic carbocycles. The summed E-state index contributed by atoms with van der Waals surface area (Å²) < 4.78 is 0. The Morgan fingerprint density at radius 1 is 1.33 bits per heavy atom. The predicted octanol–water partition coefficient (Wildman–Crippen LogP) is 4.07. The zero-order chi connectivity index (χ0) is 13.7. The average molecular weight is 353 g/mol. The number of nitrogens with one attached hydrogen (secondary N) is 1. The van der Waals surface area contributed by atoms with Gasteiger partial charge in [-0.1, -0.05) is 52.1 Å². The number of halogens is 3. The average Bonchev–Trinajstić information content (AvgIpc) is 2.32. The van der Waals surface area contributed by atoms with Crippen molar-refractivity contribution in [1.82, 2.24) is 5.32 Å². The van der Waals surface area contributed by atoms with Crippen LogP contribution in [-0.4, -0.2) is 17.3 Å². The maximum atomic E-state index is 11.8. The van der Waals surface area contributed by atoms with Gasteiger partial charge in [-0.3, -0.25) is 4.79 Å². The van der Waals surface area contributed by atoms with Crippen LogP contribution in [0.5, 0.6) is 0 Å². The first kappa shape index (κ1) is 15.8. The summed E-state index contributed by atoms with van der Waals surface area (Å²) in [6.07, 6.45) is 0.316. The quantitative estimate of drug-likeness (QED) is 0.795. The third kappa shape index (κ3) is 4.79. The van der Waals surface area contributed by atoms with Crippen LogP contribution in [0.4, 0.5) is 0 Å². The second-order valence-electron chi connectivity index (χ2n) is 4.41. The molecule has 1 aromatic rings. The first-order valence-corrected chi connectivity index (χ1v) is 7.61. The highest BCUT2D eigenvalue weighted by Crippen LogP contribution is 2.22. The lowest BCUT2D eigenvalue weighted by molar-refractivity contribution is -0.121. The summed E-state index contributed by atoms with van der Waals surface area (Å²) in [5.41, 5.74) is 0.862. The highest BCUT2D eigenvalue weighted by Gasteiger charge is 2.14. The van der Waals surface area contributed by atoms with Gasteiger partial charge in [-0.2, -0.15) is 0 Å². The van der Waals surface area contributed by atoms with Gasteiger partial charge in [-0.05, 0) is 30.5 Å². The van der Waals surface area contributed by atoms with E-state index in [0.717, 1.165) is 10.9 Å². The van der Waals surface area contributed by atoms with E-state index in [2.05, 4.69) is 28.2 Å². The Morgan fingerprint density at radius 2 is 2.00 bits per heavy atom. The lowest BCUT2D eigenvalue weighted by atomic mass is 10.1. The molecular weight excluding hydrogens is 337 g/mol. The minimum Gasteiger partial charge on any atom is -0.353 e. The van der Waals surface area contributed by atoms with E-state index in [4.69, 9.17) is 23.2 Å². The van der Waals surface area contributed by atoms with Gasteiger partial charge in [0.15, 0.2) is 0 Å². The molecule has 2 nitrogen and oxygen atoms in total. The Labute approximate surface area is 126 Å². The number of carbonyl (C=O) groups excluding carboxylic acids is 1.